The zero-order chi connectivity index (χ0) is 26.3. The number of H-pyrrole nitrogens is 1. The number of nitrogens with zero attached hydrogens (tertiary/aromatic N) is 3. The summed E-state index contributed by atoms with van der Waals surface area (Å²) in [6.45, 7) is 3.88. The van der Waals surface area contributed by atoms with Crippen molar-refractivity contribution in [3.63, 3.8) is 0 Å². The Balaban J connectivity index is 1.62. The van der Waals surface area contributed by atoms with Crippen LogP contribution in [-0.2, 0) is 5.41 Å². The number of carboxylic acids is 1. The molecule has 0 bridgehead atoms. The topological polar surface area (TPSA) is 105 Å². The molecule has 0 saturated carbocycles. The van der Waals surface area contributed by atoms with E-state index in [1.165, 1.54) is 0 Å². The smallest absolute Gasteiger partial charge is 0.335 e. The van der Waals surface area contributed by atoms with E-state index in [0.29, 0.717) is 5.76 Å². The highest BCUT2D eigenvalue weighted by molar-refractivity contribution is 5.94. The third kappa shape index (κ3) is 3.59. The minimum Gasteiger partial charge on any atom is -0.478 e. The number of carboxylic acid groups (broad SMARTS) is 1. The van der Waals surface area contributed by atoms with Gasteiger partial charge >= 0.3 is 5.97 Å². The number of benzene rings is 2. The van der Waals surface area contributed by atoms with Crippen LogP contribution in [0.2, 0.25) is 0 Å². The van der Waals surface area contributed by atoms with E-state index >= 15 is 0 Å². The van der Waals surface area contributed by atoms with E-state index in [0.717, 1.165) is 50.2 Å². The second kappa shape index (κ2) is 9.12. The predicted octanol–water partition coefficient (Wildman–Crippen LogP) is 6.31. The Bertz CT molecular complexity index is 1700. The number of aromatic carboxylic acids is 1. The lowest BCUT2D eigenvalue weighted by Gasteiger charge is -2.34. The summed E-state index contributed by atoms with van der Waals surface area (Å²) >= 11 is 0. The van der Waals surface area contributed by atoms with Crippen molar-refractivity contribution >= 4 is 17.0 Å². The summed E-state index contributed by atoms with van der Waals surface area (Å²) in [6, 6.07) is 25.0. The monoisotopic (exact) mass is 500 g/mol. The van der Waals surface area contributed by atoms with Gasteiger partial charge in [0, 0.05) is 29.7 Å². The standard InChI is InChI=1S/C31H24N4O3/c1-19-28(20(2)38-35-19)31(23-8-4-3-5-9-23,27-10-6-7-15-32-27)24-16-26-29(34-17-24)25(18-33-26)21-11-13-22(14-12-21)30(36)37/h3-18,33H,1-2H3,(H,36,37). The Kier molecular flexibility index (Phi) is 5.61. The van der Waals surface area contributed by atoms with Crippen molar-refractivity contribution in [3.8, 4) is 11.1 Å². The SMILES string of the molecule is Cc1noc(C)c1C(c1ccccc1)(c1cnc2c(-c3ccc(C(=O)O)cc3)c[nH]c2c1)c1ccccn1. The van der Waals surface area contributed by atoms with E-state index in [1.54, 1.807) is 30.5 Å². The molecule has 0 spiro atoms. The molecule has 0 aliphatic heterocycles. The second-order valence-corrected chi connectivity index (χ2v) is 9.24. The van der Waals surface area contributed by atoms with Gasteiger partial charge in [0.1, 0.15) is 5.76 Å². The zero-order valence-electron chi connectivity index (χ0n) is 20.8. The molecular weight excluding hydrogens is 476 g/mol. The van der Waals surface area contributed by atoms with Crippen LogP contribution in [0.3, 0.4) is 0 Å². The Hall–Kier alpha value is -5.04. The van der Waals surface area contributed by atoms with Gasteiger partial charge in [-0.2, -0.15) is 0 Å². The van der Waals surface area contributed by atoms with Crippen molar-refractivity contribution in [2.24, 2.45) is 0 Å². The molecule has 0 saturated heterocycles. The van der Waals surface area contributed by atoms with Gasteiger partial charge in [0.25, 0.3) is 0 Å². The largest absolute Gasteiger partial charge is 0.478 e. The summed E-state index contributed by atoms with van der Waals surface area (Å²) in [5.74, 6) is -0.243. The molecule has 186 valence electrons. The van der Waals surface area contributed by atoms with Gasteiger partial charge in [-0.25, -0.2) is 4.79 Å². The molecule has 0 amide bonds. The first kappa shape index (κ1) is 23.4. The fourth-order valence-corrected chi connectivity index (χ4v) is 5.40. The van der Waals surface area contributed by atoms with Crippen LogP contribution in [0.1, 0.15) is 44.2 Å². The van der Waals surface area contributed by atoms with Crippen LogP contribution in [0.15, 0.2) is 102 Å². The first-order valence-electron chi connectivity index (χ1n) is 12.2. The van der Waals surface area contributed by atoms with Crippen molar-refractivity contribution in [2.75, 3.05) is 0 Å². The Morgan fingerprint density at radius 3 is 2.34 bits per heavy atom. The maximum absolute atomic E-state index is 11.3. The molecule has 2 N–H and O–H groups in total. The van der Waals surface area contributed by atoms with Crippen molar-refractivity contribution in [1.29, 1.82) is 0 Å². The number of hydrogen-bond donors (Lipinski definition) is 2. The average molecular weight is 501 g/mol. The van der Waals surface area contributed by atoms with Crippen molar-refractivity contribution < 1.29 is 14.4 Å². The molecule has 6 aromatic rings. The van der Waals surface area contributed by atoms with E-state index in [-0.39, 0.29) is 5.56 Å². The van der Waals surface area contributed by atoms with Gasteiger partial charge in [-0.05, 0) is 60.9 Å². The van der Waals surface area contributed by atoms with Gasteiger partial charge < -0.3 is 14.6 Å². The van der Waals surface area contributed by atoms with E-state index in [4.69, 9.17) is 14.5 Å². The summed E-state index contributed by atoms with van der Waals surface area (Å²) in [5, 5.41) is 13.6. The van der Waals surface area contributed by atoms with E-state index < -0.39 is 11.4 Å². The third-order valence-electron chi connectivity index (χ3n) is 7.05. The van der Waals surface area contributed by atoms with Crippen LogP contribution < -0.4 is 0 Å². The highest BCUT2D eigenvalue weighted by Gasteiger charge is 2.44. The molecule has 0 fully saturated rings. The zero-order valence-corrected chi connectivity index (χ0v) is 20.8. The van der Waals surface area contributed by atoms with Gasteiger partial charge in [0.15, 0.2) is 0 Å². The molecule has 6 rings (SSSR count). The number of rotatable bonds is 6. The van der Waals surface area contributed by atoms with Crippen LogP contribution >= 0.6 is 0 Å². The van der Waals surface area contributed by atoms with E-state index in [1.807, 2.05) is 62.6 Å². The van der Waals surface area contributed by atoms with Gasteiger partial charge in [0.05, 0.1) is 33.4 Å². The summed E-state index contributed by atoms with van der Waals surface area (Å²) in [6.07, 6.45) is 5.58. The molecule has 0 radical (unpaired) electrons. The first-order chi connectivity index (χ1) is 18.5. The number of nitrogens with one attached hydrogen (secondary N) is 1. The Morgan fingerprint density at radius 2 is 1.68 bits per heavy atom. The fourth-order valence-electron chi connectivity index (χ4n) is 5.40. The lowest BCUT2D eigenvalue weighted by atomic mass is 9.66. The van der Waals surface area contributed by atoms with Gasteiger partial charge in [-0.15, -0.1) is 0 Å². The van der Waals surface area contributed by atoms with Crippen LogP contribution in [0.5, 0.6) is 0 Å². The number of pyridine rings is 2. The lowest BCUT2D eigenvalue weighted by Crippen LogP contribution is -2.33. The van der Waals surface area contributed by atoms with Crippen LogP contribution in [0.4, 0.5) is 0 Å². The molecule has 7 nitrogen and oxygen atoms in total. The van der Waals surface area contributed by atoms with E-state index in [2.05, 4.69) is 28.3 Å². The highest BCUT2D eigenvalue weighted by atomic mass is 16.5. The average Bonchev–Trinajstić information content (AvgIpc) is 3.53. The number of aryl methyl sites for hydroxylation is 2. The quantitative estimate of drug-likeness (QED) is 0.278. The number of carbonyl (C=O) groups is 1. The molecule has 1 unspecified atom stereocenters. The number of aromatic nitrogens is 4. The molecule has 0 aliphatic carbocycles. The maximum atomic E-state index is 11.3. The minimum absolute atomic E-state index is 0.242. The first-order valence-corrected chi connectivity index (χ1v) is 12.2. The van der Waals surface area contributed by atoms with Crippen LogP contribution in [0, 0.1) is 13.8 Å². The summed E-state index contributed by atoms with van der Waals surface area (Å²) < 4.78 is 5.69. The molecule has 38 heavy (non-hydrogen) atoms. The van der Waals surface area contributed by atoms with Crippen molar-refractivity contribution in [3.05, 3.63) is 137 Å². The van der Waals surface area contributed by atoms with Gasteiger partial charge in [-0.1, -0.05) is 53.7 Å². The Morgan fingerprint density at radius 1 is 0.921 bits per heavy atom. The normalized spacial score (nSPS) is 12.9. The van der Waals surface area contributed by atoms with Gasteiger partial charge in [0.2, 0.25) is 0 Å². The molecule has 4 heterocycles. The fraction of sp³-hybridized carbons (Fsp3) is 0.0968. The van der Waals surface area contributed by atoms with Crippen molar-refractivity contribution in [1.82, 2.24) is 20.1 Å². The summed E-state index contributed by atoms with van der Waals surface area (Å²) in [5.41, 5.74) is 7.30. The molecule has 0 aliphatic rings. The summed E-state index contributed by atoms with van der Waals surface area (Å²) in [4.78, 5) is 24.4. The maximum Gasteiger partial charge on any atom is 0.335 e. The number of aromatic amines is 1. The third-order valence-corrected chi connectivity index (χ3v) is 7.05. The van der Waals surface area contributed by atoms with E-state index in [9.17, 15) is 9.90 Å². The lowest BCUT2D eigenvalue weighted by molar-refractivity contribution is 0.0697. The molecule has 2 aromatic carbocycles. The predicted molar refractivity (Wildman–Crippen MR) is 144 cm³/mol. The number of hydrogen-bond acceptors (Lipinski definition) is 5. The highest BCUT2D eigenvalue weighted by Crippen LogP contribution is 2.47. The van der Waals surface area contributed by atoms with Gasteiger partial charge in [-0.3, -0.25) is 9.97 Å². The minimum atomic E-state index is -0.954. The molecule has 7 heteroatoms. The summed E-state index contributed by atoms with van der Waals surface area (Å²) in [7, 11) is 0. The molecular formula is C31H24N4O3. The van der Waals surface area contributed by atoms with Crippen LogP contribution in [-0.4, -0.2) is 31.2 Å². The second-order valence-electron chi connectivity index (χ2n) is 9.24. The number of fused-ring (bicyclic) bond motifs is 1. The Labute approximate surface area is 218 Å². The van der Waals surface area contributed by atoms with Crippen LogP contribution in [0.25, 0.3) is 22.2 Å². The molecule has 4 aromatic heterocycles. The molecule has 1 atom stereocenters. The van der Waals surface area contributed by atoms with Crippen molar-refractivity contribution in [2.45, 2.75) is 19.3 Å².